The van der Waals surface area contributed by atoms with Crippen molar-refractivity contribution in [3.63, 3.8) is 0 Å². The van der Waals surface area contributed by atoms with E-state index in [0.29, 0.717) is 17.1 Å². The largest absolute Gasteiger partial charge is 0.484 e. The molecule has 1 aliphatic rings. The van der Waals surface area contributed by atoms with Crippen molar-refractivity contribution < 1.29 is 19.4 Å². The fourth-order valence-corrected chi connectivity index (χ4v) is 1.42. The minimum Gasteiger partial charge on any atom is -0.484 e. The third kappa shape index (κ3) is 2.19. The van der Waals surface area contributed by atoms with Crippen LogP contribution in [0.2, 0.25) is 0 Å². The third-order valence-corrected chi connectivity index (χ3v) is 2.04. The van der Waals surface area contributed by atoms with Gasteiger partial charge in [-0.25, -0.2) is 0 Å². The Kier molecular flexibility index (Phi) is 2.47. The van der Waals surface area contributed by atoms with Gasteiger partial charge in [0.1, 0.15) is 6.61 Å². The highest BCUT2D eigenvalue weighted by molar-refractivity contribution is 5.70. The van der Waals surface area contributed by atoms with Crippen LogP contribution in [0.25, 0.3) is 0 Å². The average Bonchev–Trinajstić information content (AvgIpc) is 2.17. The highest BCUT2D eigenvalue weighted by Crippen LogP contribution is 2.31. The summed E-state index contributed by atoms with van der Waals surface area (Å²) < 4.78 is 10.6. The molecule has 5 heteroatoms. The van der Waals surface area contributed by atoms with Crippen molar-refractivity contribution in [3.8, 4) is 11.5 Å². The molecular weight excluding hydrogens is 198 g/mol. The quantitative estimate of drug-likeness (QED) is 0.735. The van der Waals surface area contributed by atoms with Crippen LogP contribution in [0.1, 0.15) is 5.56 Å². The molecule has 3 N–H and O–H groups in total. The molecule has 1 heterocycles. The van der Waals surface area contributed by atoms with Crippen molar-refractivity contribution in [3.05, 3.63) is 23.8 Å². The molecule has 0 saturated heterocycles. The van der Waals surface area contributed by atoms with E-state index >= 15 is 0 Å². The first-order chi connectivity index (χ1) is 7.15. The third-order valence-electron chi connectivity index (χ3n) is 2.04. The molecule has 1 aromatic carbocycles. The number of aliphatic carboxylic acids is 1. The number of carboxylic acids is 1. The predicted molar refractivity (Wildman–Crippen MR) is 51.9 cm³/mol. The average molecular weight is 209 g/mol. The number of benzene rings is 1. The molecule has 1 aliphatic heterocycles. The smallest absolute Gasteiger partial charge is 0.307 e. The van der Waals surface area contributed by atoms with Gasteiger partial charge in [0.25, 0.3) is 0 Å². The molecule has 0 radical (unpaired) electrons. The molecule has 2 rings (SSSR count). The maximum Gasteiger partial charge on any atom is 0.307 e. The number of hydrogen-bond donors (Lipinski definition) is 2. The van der Waals surface area contributed by atoms with Crippen LogP contribution < -0.4 is 15.2 Å². The van der Waals surface area contributed by atoms with Gasteiger partial charge in [-0.3, -0.25) is 10.5 Å². The molecule has 5 nitrogen and oxygen atoms in total. The zero-order valence-electron chi connectivity index (χ0n) is 7.97. The first-order valence-corrected chi connectivity index (χ1v) is 4.55. The van der Waals surface area contributed by atoms with Crippen LogP contribution in [0.4, 0.5) is 0 Å². The summed E-state index contributed by atoms with van der Waals surface area (Å²) in [5, 5.41) is 8.62. The van der Waals surface area contributed by atoms with Crippen LogP contribution >= 0.6 is 0 Å². The molecule has 0 spiro atoms. The predicted octanol–water partition coefficient (Wildman–Crippen LogP) is 0.370. The van der Waals surface area contributed by atoms with E-state index in [2.05, 4.69) is 0 Å². The minimum absolute atomic E-state index is 0.0251. The second kappa shape index (κ2) is 3.78. The summed E-state index contributed by atoms with van der Waals surface area (Å²) in [6.07, 6.45) is -0.481. The van der Waals surface area contributed by atoms with Crippen molar-refractivity contribution in [2.45, 2.75) is 12.6 Å². The Balaban J connectivity index is 2.23. The molecule has 0 aliphatic carbocycles. The molecule has 15 heavy (non-hydrogen) atoms. The number of rotatable bonds is 2. The van der Waals surface area contributed by atoms with E-state index in [1.54, 1.807) is 18.2 Å². The number of fused-ring (bicyclic) bond motifs is 1. The lowest BCUT2D eigenvalue weighted by Gasteiger charge is -2.23. The van der Waals surface area contributed by atoms with Crippen molar-refractivity contribution in [2.24, 2.45) is 5.73 Å². The zero-order chi connectivity index (χ0) is 10.8. The highest BCUT2D eigenvalue weighted by Gasteiger charge is 2.17. The Morgan fingerprint density at radius 3 is 3.07 bits per heavy atom. The van der Waals surface area contributed by atoms with Gasteiger partial charge in [-0.1, -0.05) is 6.07 Å². The van der Waals surface area contributed by atoms with Crippen LogP contribution in [-0.2, 0) is 11.2 Å². The maximum absolute atomic E-state index is 10.5. The normalized spacial score (nSPS) is 18.6. The second-order valence-corrected chi connectivity index (χ2v) is 3.32. The monoisotopic (exact) mass is 209 g/mol. The van der Waals surface area contributed by atoms with E-state index in [9.17, 15) is 4.79 Å². The summed E-state index contributed by atoms with van der Waals surface area (Å²) >= 11 is 0. The lowest BCUT2D eigenvalue weighted by molar-refractivity contribution is -0.136. The number of ether oxygens (including phenoxy) is 2. The Morgan fingerprint density at radius 1 is 1.53 bits per heavy atom. The van der Waals surface area contributed by atoms with E-state index in [1.807, 2.05) is 0 Å². The van der Waals surface area contributed by atoms with Crippen molar-refractivity contribution >= 4 is 5.97 Å². The number of hydrogen-bond acceptors (Lipinski definition) is 4. The van der Waals surface area contributed by atoms with E-state index < -0.39 is 12.2 Å². The lowest BCUT2D eigenvalue weighted by atomic mass is 10.1. The number of carboxylic acid groups (broad SMARTS) is 1. The topological polar surface area (TPSA) is 81.8 Å². The Morgan fingerprint density at radius 2 is 2.33 bits per heavy atom. The summed E-state index contributed by atoms with van der Waals surface area (Å²) in [6, 6.07) is 5.02. The van der Waals surface area contributed by atoms with Crippen LogP contribution in [0, 0.1) is 0 Å². The van der Waals surface area contributed by atoms with Crippen molar-refractivity contribution in [1.82, 2.24) is 0 Å². The molecule has 0 bridgehead atoms. The van der Waals surface area contributed by atoms with Gasteiger partial charge in [-0.05, 0) is 17.7 Å². The molecule has 0 amide bonds. The zero-order valence-corrected chi connectivity index (χ0v) is 7.97. The van der Waals surface area contributed by atoms with Gasteiger partial charge in [0.05, 0.1) is 6.42 Å². The fraction of sp³-hybridized carbons (Fsp3) is 0.300. The molecule has 1 aromatic rings. The van der Waals surface area contributed by atoms with Crippen LogP contribution in [0.3, 0.4) is 0 Å². The van der Waals surface area contributed by atoms with Gasteiger partial charge in [-0.2, -0.15) is 0 Å². The second-order valence-electron chi connectivity index (χ2n) is 3.32. The summed E-state index contributed by atoms with van der Waals surface area (Å²) in [5.41, 5.74) is 6.21. The summed E-state index contributed by atoms with van der Waals surface area (Å²) in [4.78, 5) is 10.5. The standard InChI is InChI=1S/C10H11NO4/c11-9-5-14-8-3-6(4-10(12)13)1-2-7(8)15-9/h1-3,9H,4-5,11H2,(H,12,13). The Hall–Kier alpha value is -1.75. The Bertz CT molecular complexity index is 391. The van der Waals surface area contributed by atoms with Crippen LogP contribution in [-0.4, -0.2) is 23.9 Å². The van der Waals surface area contributed by atoms with Crippen molar-refractivity contribution in [1.29, 1.82) is 0 Å². The number of nitrogens with two attached hydrogens (primary N) is 1. The molecule has 0 aromatic heterocycles. The molecule has 1 atom stereocenters. The van der Waals surface area contributed by atoms with Crippen molar-refractivity contribution in [2.75, 3.05) is 6.61 Å². The van der Waals surface area contributed by atoms with Gasteiger partial charge < -0.3 is 14.6 Å². The Labute approximate surface area is 86.4 Å². The summed E-state index contributed by atoms with van der Waals surface area (Å²) in [7, 11) is 0. The first kappa shape index (κ1) is 9.79. The maximum atomic E-state index is 10.5. The van der Waals surface area contributed by atoms with E-state index in [4.69, 9.17) is 20.3 Å². The lowest BCUT2D eigenvalue weighted by Crippen LogP contribution is -2.36. The molecule has 80 valence electrons. The SMILES string of the molecule is NC1COc2cc(CC(=O)O)ccc2O1. The van der Waals surface area contributed by atoms with Gasteiger partial charge in [0.15, 0.2) is 17.7 Å². The fourth-order valence-electron chi connectivity index (χ4n) is 1.42. The molecule has 0 saturated carbocycles. The summed E-state index contributed by atoms with van der Waals surface area (Å²) in [6.45, 7) is 0.281. The first-order valence-electron chi connectivity index (χ1n) is 4.55. The van der Waals surface area contributed by atoms with Gasteiger partial charge in [0, 0.05) is 0 Å². The number of carbonyl (C=O) groups is 1. The minimum atomic E-state index is -0.872. The summed E-state index contributed by atoms with van der Waals surface area (Å²) in [5.74, 6) is 0.238. The van der Waals surface area contributed by atoms with Gasteiger partial charge >= 0.3 is 5.97 Å². The molecule has 1 unspecified atom stereocenters. The van der Waals surface area contributed by atoms with Crippen LogP contribution in [0.5, 0.6) is 11.5 Å². The van der Waals surface area contributed by atoms with E-state index in [-0.39, 0.29) is 13.0 Å². The van der Waals surface area contributed by atoms with Gasteiger partial charge in [-0.15, -0.1) is 0 Å². The van der Waals surface area contributed by atoms with Crippen LogP contribution in [0.15, 0.2) is 18.2 Å². The highest BCUT2D eigenvalue weighted by atomic mass is 16.6. The van der Waals surface area contributed by atoms with E-state index in [1.165, 1.54) is 0 Å². The molecule has 0 fully saturated rings. The van der Waals surface area contributed by atoms with E-state index in [0.717, 1.165) is 0 Å². The molecular formula is C10H11NO4. The van der Waals surface area contributed by atoms with Gasteiger partial charge in [0.2, 0.25) is 0 Å².